The zero-order chi connectivity index (χ0) is 17.0. The normalized spacial score (nSPS) is 12.9. The Balaban J connectivity index is 1.94. The molecule has 0 fully saturated rings. The SMILES string of the molecule is Cc1nc([C@@H](C)NC(=O)c2ccc(CCC(C)(C)O)cc2)cs1. The first-order chi connectivity index (χ1) is 10.7. The molecular weight excluding hydrogens is 308 g/mol. The lowest BCUT2D eigenvalue weighted by molar-refractivity contribution is 0.0713. The van der Waals surface area contributed by atoms with E-state index in [2.05, 4.69) is 10.3 Å². The fourth-order valence-electron chi connectivity index (χ4n) is 2.21. The smallest absolute Gasteiger partial charge is 0.251 e. The molecule has 0 aliphatic rings. The Kier molecular flexibility index (Phi) is 5.55. The van der Waals surface area contributed by atoms with E-state index in [9.17, 15) is 9.90 Å². The van der Waals surface area contributed by atoms with Crippen molar-refractivity contribution in [2.24, 2.45) is 0 Å². The number of nitrogens with one attached hydrogen (secondary N) is 1. The molecule has 1 atom stereocenters. The number of aliphatic hydroxyl groups is 1. The zero-order valence-corrected chi connectivity index (χ0v) is 14.9. The Morgan fingerprint density at radius 1 is 1.35 bits per heavy atom. The minimum Gasteiger partial charge on any atom is -0.390 e. The lowest BCUT2D eigenvalue weighted by Crippen LogP contribution is -2.26. The number of nitrogens with zero attached hydrogens (tertiary/aromatic N) is 1. The van der Waals surface area contributed by atoms with Crippen LogP contribution in [0.25, 0.3) is 0 Å². The van der Waals surface area contributed by atoms with Crippen molar-refractivity contribution in [3.8, 4) is 0 Å². The second-order valence-electron chi connectivity index (χ2n) is 6.50. The van der Waals surface area contributed by atoms with Crippen molar-refractivity contribution in [1.82, 2.24) is 10.3 Å². The van der Waals surface area contributed by atoms with Gasteiger partial charge in [0.15, 0.2) is 0 Å². The summed E-state index contributed by atoms with van der Waals surface area (Å²) in [5.74, 6) is -0.0998. The molecule has 0 aliphatic heterocycles. The molecule has 0 radical (unpaired) electrons. The van der Waals surface area contributed by atoms with Crippen molar-refractivity contribution in [3.63, 3.8) is 0 Å². The monoisotopic (exact) mass is 332 g/mol. The second kappa shape index (κ2) is 7.23. The third-order valence-corrected chi connectivity index (χ3v) is 4.46. The van der Waals surface area contributed by atoms with Gasteiger partial charge in [0.2, 0.25) is 0 Å². The topological polar surface area (TPSA) is 62.2 Å². The molecule has 2 aromatic rings. The lowest BCUT2D eigenvalue weighted by Gasteiger charge is -2.16. The summed E-state index contributed by atoms with van der Waals surface area (Å²) in [5.41, 5.74) is 1.97. The third kappa shape index (κ3) is 5.44. The summed E-state index contributed by atoms with van der Waals surface area (Å²) in [7, 11) is 0. The van der Waals surface area contributed by atoms with Crippen LogP contribution in [0, 0.1) is 6.92 Å². The van der Waals surface area contributed by atoms with Gasteiger partial charge in [-0.1, -0.05) is 12.1 Å². The van der Waals surface area contributed by atoms with Crippen LogP contribution < -0.4 is 5.32 Å². The van der Waals surface area contributed by atoms with E-state index in [0.717, 1.165) is 22.7 Å². The molecule has 0 aliphatic carbocycles. The van der Waals surface area contributed by atoms with Crippen LogP contribution in [-0.2, 0) is 6.42 Å². The fourth-order valence-corrected chi connectivity index (χ4v) is 2.91. The van der Waals surface area contributed by atoms with Gasteiger partial charge in [-0.25, -0.2) is 4.98 Å². The van der Waals surface area contributed by atoms with Gasteiger partial charge in [0, 0.05) is 10.9 Å². The first-order valence-corrected chi connectivity index (χ1v) is 8.67. The van der Waals surface area contributed by atoms with E-state index < -0.39 is 5.60 Å². The van der Waals surface area contributed by atoms with Crippen LogP contribution in [0.15, 0.2) is 29.6 Å². The molecule has 4 nitrogen and oxygen atoms in total. The zero-order valence-electron chi connectivity index (χ0n) is 14.1. The average Bonchev–Trinajstić information content (AvgIpc) is 2.91. The van der Waals surface area contributed by atoms with Crippen LogP contribution in [0.1, 0.15) is 59.9 Å². The lowest BCUT2D eigenvalue weighted by atomic mass is 9.98. The van der Waals surface area contributed by atoms with Gasteiger partial charge in [0.05, 0.1) is 22.3 Å². The molecule has 1 aromatic carbocycles. The number of carbonyl (C=O) groups excluding carboxylic acids is 1. The predicted molar refractivity (Wildman–Crippen MR) is 93.8 cm³/mol. The summed E-state index contributed by atoms with van der Waals surface area (Å²) < 4.78 is 0. The van der Waals surface area contributed by atoms with Gasteiger partial charge in [-0.2, -0.15) is 0 Å². The summed E-state index contributed by atoms with van der Waals surface area (Å²) in [4.78, 5) is 16.7. The van der Waals surface area contributed by atoms with E-state index in [1.165, 1.54) is 0 Å². The van der Waals surface area contributed by atoms with E-state index in [1.54, 1.807) is 25.2 Å². The summed E-state index contributed by atoms with van der Waals surface area (Å²) in [6.45, 7) is 7.49. The standard InChI is InChI=1S/C18H24N2O2S/c1-12(16-11-23-13(2)20-16)19-17(21)15-7-5-14(6-8-15)9-10-18(3,4)22/h5-8,11-12,22H,9-10H2,1-4H3,(H,19,21)/t12-/m1/s1. The van der Waals surface area contributed by atoms with Crippen LogP contribution in [0.5, 0.6) is 0 Å². The number of rotatable bonds is 6. The number of benzene rings is 1. The highest BCUT2D eigenvalue weighted by Gasteiger charge is 2.15. The molecule has 1 heterocycles. The van der Waals surface area contributed by atoms with E-state index in [4.69, 9.17) is 0 Å². The van der Waals surface area contributed by atoms with Crippen molar-refractivity contribution in [1.29, 1.82) is 0 Å². The minimum atomic E-state index is -0.669. The summed E-state index contributed by atoms with van der Waals surface area (Å²) in [6, 6.07) is 7.43. The Hall–Kier alpha value is -1.72. The molecule has 1 amide bonds. The first kappa shape index (κ1) is 17.6. The van der Waals surface area contributed by atoms with Crippen LogP contribution in [0.3, 0.4) is 0 Å². The number of hydrogen-bond donors (Lipinski definition) is 2. The quantitative estimate of drug-likeness (QED) is 0.849. The predicted octanol–water partition coefficient (Wildman–Crippen LogP) is 3.65. The van der Waals surface area contributed by atoms with E-state index in [0.29, 0.717) is 12.0 Å². The van der Waals surface area contributed by atoms with Crippen molar-refractivity contribution in [2.75, 3.05) is 0 Å². The minimum absolute atomic E-state index is 0.0998. The second-order valence-corrected chi connectivity index (χ2v) is 7.56. The van der Waals surface area contributed by atoms with Gasteiger partial charge in [0.25, 0.3) is 5.91 Å². The molecule has 5 heteroatoms. The van der Waals surface area contributed by atoms with Crippen molar-refractivity contribution in [3.05, 3.63) is 51.5 Å². The van der Waals surface area contributed by atoms with E-state index >= 15 is 0 Å². The number of thiazole rings is 1. The molecular formula is C18H24N2O2S. The largest absolute Gasteiger partial charge is 0.390 e. The van der Waals surface area contributed by atoms with Gasteiger partial charge in [-0.3, -0.25) is 4.79 Å². The van der Waals surface area contributed by atoms with Crippen molar-refractivity contribution < 1.29 is 9.90 Å². The Labute approximate surface area is 141 Å². The molecule has 23 heavy (non-hydrogen) atoms. The number of aryl methyl sites for hydroxylation is 2. The summed E-state index contributed by atoms with van der Waals surface area (Å²) in [6.07, 6.45) is 1.48. The van der Waals surface area contributed by atoms with Gasteiger partial charge < -0.3 is 10.4 Å². The molecule has 0 saturated heterocycles. The Bertz CT molecular complexity index is 656. The maximum Gasteiger partial charge on any atom is 0.251 e. The number of amides is 1. The molecule has 1 aromatic heterocycles. The van der Waals surface area contributed by atoms with Crippen molar-refractivity contribution in [2.45, 2.75) is 52.2 Å². The third-order valence-electron chi connectivity index (χ3n) is 3.67. The van der Waals surface area contributed by atoms with Gasteiger partial charge in [0.1, 0.15) is 0 Å². The maximum absolute atomic E-state index is 12.3. The fraction of sp³-hybridized carbons (Fsp3) is 0.444. The van der Waals surface area contributed by atoms with E-state index in [-0.39, 0.29) is 11.9 Å². The van der Waals surface area contributed by atoms with Crippen molar-refractivity contribution >= 4 is 17.2 Å². The number of carbonyl (C=O) groups is 1. The number of aromatic nitrogens is 1. The van der Waals surface area contributed by atoms with E-state index in [1.807, 2.05) is 43.5 Å². The Morgan fingerprint density at radius 2 is 2.00 bits per heavy atom. The molecule has 124 valence electrons. The van der Waals surface area contributed by atoms with Gasteiger partial charge >= 0.3 is 0 Å². The maximum atomic E-state index is 12.3. The Morgan fingerprint density at radius 3 is 2.52 bits per heavy atom. The van der Waals surface area contributed by atoms with Gasteiger partial charge in [-0.05, 0) is 58.2 Å². The van der Waals surface area contributed by atoms with Crippen LogP contribution >= 0.6 is 11.3 Å². The highest BCUT2D eigenvalue weighted by molar-refractivity contribution is 7.09. The molecule has 2 rings (SSSR count). The first-order valence-electron chi connectivity index (χ1n) is 7.79. The molecule has 0 saturated carbocycles. The van der Waals surface area contributed by atoms with Crippen LogP contribution in [0.2, 0.25) is 0 Å². The molecule has 2 N–H and O–H groups in total. The summed E-state index contributed by atoms with van der Waals surface area (Å²) >= 11 is 1.58. The summed E-state index contributed by atoms with van der Waals surface area (Å²) in [5, 5.41) is 15.7. The van der Waals surface area contributed by atoms with Crippen LogP contribution in [-0.4, -0.2) is 21.6 Å². The average molecular weight is 332 g/mol. The molecule has 0 unspecified atom stereocenters. The molecule has 0 spiro atoms. The number of hydrogen-bond acceptors (Lipinski definition) is 4. The van der Waals surface area contributed by atoms with Crippen LogP contribution in [0.4, 0.5) is 0 Å². The highest BCUT2D eigenvalue weighted by Crippen LogP contribution is 2.17. The van der Waals surface area contributed by atoms with Gasteiger partial charge in [-0.15, -0.1) is 11.3 Å². The highest BCUT2D eigenvalue weighted by atomic mass is 32.1. The molecule has 0 bridgehead atoms.